The zero-order valence-corrected chi connectivity index (χ0v) is 27.0. The fraction of sp³-hybridized carbons (Fsp3) is 0.444. The summed E-state index contributed by atoms with van der Waals surface area (Å²) < 4.78 is 19.5. The fourth-order valence-electron chi connectivity index (χ4n) is 6.99. The highest BCUT2D eigenvalue weighted by Gasteiger charge is 2.61. The van der Waals surface area contributed by atoms with Gasteiger partial charge in [0.15, 0.2) is 23.5 Å². The van der Waals surface area contributed by atoms with Gasteiger partial charge in [0.05, 0.1) is 5.69 Å². The third kappa shape index (κ3) is 4.64. The summed E-state index contributed by atoms with van der Waals surface area (Å²) in [6, 6.07) is 13.3. The summed E-state index contributed by atoms with van der Waals surface area (Å²) in [5, 5.41) is 17.4. The van der Waals surface area contributed by atoms with Gasteiger partial charge >= 0.3 is 0 Å². The Morgan fingerprint density at radius 1 is 1.11 bits per heavy atom. The number of hydrogen-bond donors (Lipinski definition) is 3. The summed E-state index contributed by atoms with van der Waals surface area (Å²) in [7, 11) is 0. The van der Waals surface area contributed by atoms with Crippen molar-refractivity contribution in [3.63, 3.8) is 0 Å². The van der Waals surface area contributed by atoms with Crippen LogP contribution in [0.3, 0.4) is 0 Å². The fourth-order valence-corrected chi connectivity index (χ4v) is 6.99. The summed E-state index contributed by atoms with van der Waals surface area (Å²) in [6.45, 7) is 11.6. The second-order valence-electron chi connectivity index (χ2n) is 14.1. The van der Waals surface area contributed by atoms with Gasteiger partial charge in [-0.25, -0.2) is 9.97 Å². The Balaban J connectivity index is 1.49. The number of rotatable bonds is 6. The number of ether oxygens (including phenoxy) is 1. The van der Waals surface area contributed by atoms with Crippen LogP contribution in [-0.2, 0) is 27.8 Å². The van der Waals surface area contributed by atoms with Gasteiger partial charge in [-0.15, -0.1) is 0 Å². The Morgan fingerprint density at radius 3 is 2.61 bits per heavy atom. The summed E-state index contributed by atoms with van der Waals surface area (Å²) in [4.78, 5) is 37.1. The number of aliphatic hydroxyl groups is 1. The molecule has 46 heavy (non-hydrogen) atoms. The van der Waals surface area contributed by atoms with Crippen molar-refractivity contribution in [2.75, 3.05) is 5.32 Å². The molecule has 3 aliphatic heterocycles. The van der Waals surface area contributed by atoms with E-state index in [0.717, 1.165) is 28.1 Å². The average Bonchev–Trinajstić information content (AvgIpc) is 3.78. The smallest absolute Gasteiger partial charge is 0.249 e. The van der Waals surface area contributed by atoms with E-state index in [4.69, 9.17) is 23.5 Å². The third-order valence-electron chi connectivity index (χ3n) is 9.53. The van der Waals surface area contributed by atoms with Crippen molar-refractivity contribution < 1.29 is 28.3 Å². The number of aryl methyl sites for hydroxylation is 1. The number of nitrogens with zero attached hydrogens (tertiary/aromatic N) is 2. The van der Waals surface area contributed by atoms with Crippen molar-refractivity contribution in [1.82, 2.24) is 15.3 Å². The molecule has 240 valence electrons. The van der Waals surface area contributed by atoms with Crippen LogP contribution in [0.1, 0.15) is 88.0 Å². The van der Waals surface area contributed by atoms with Crippen LogP contribution < -0.4 is 15.4 Å². The predicted octanol–water partition coefficient (Wildman–Crippen LogP) is 5.72. The first-order valence-electron chi connectivity index (χ1n) is 16.0. The second-order valence-corrected chi connectivity index (χ2v) is 14.1. The zero-order chi connectivity index (χ0) is 32.5. The van der Waals surface area contributed by atoms with Crippen LogP contribution in [0.4, 0.5) is 5.69 Å². The minimum absolute atomic E-state index is 0.105. The number of aromatic nitrogens is 2. The number of fused-ring (bicyclic) bond motifs is 4. The van der Waals surface area contributed by atoms with Crippen LogP contribution in [0.25, 0.3) is 11.6 Å². The van der Waals surface area contributed by atoms with Gasteiger partial charge in [0.25, 0.3) is 0 Å². The molecule has 3 N–H and O–H groups in total. The lowest BCUT2D eigenvalue weighted by atomic mass is 9.72. The lowest BCUT2D eigenvalue weighted by Crippen LogP contribution is -2.42. The molecule has 0 aliphatic carbocycles. The Morgan fingerprint density at radius 2 is 1.89 bits per heavy atom. The summed E-state index contributed by atoms with van der Waals surface area (Å²) in [6.07, 6.45) is 0.790. The maximum absolute atomic E-state index is 14.1. The van der Waals surface area contributed by atoms with Crippen molar-refractivity contribution in [2.24, 2.45) is 17.3 Å². The van der Waals surface area contributed by atoms with E-state index < -0.39 is 35.1 Å². The molecular weight excluding hydrogens is 584 g/mol. The number of oxazole rings is 2. The Bertz CT molecular complexity index is 1830. The number of ketones is 1. The maximum atomic E-state index is 14.1. The highest BCUT2D eigenvalue weighted by atomic mass is 16.5. The van der Waals surface area contributed by atoms with Gasteiger partial charge in [-0.3, -0.25) is 9.59 Å². The number of Topliss-reactive ketones (excluding diaryl/α,β-unsaturated/α-hetero) is 1. The van der Waals surface area contributed by atoms with E-state index >= 15 is 0 Å². The second kappa shape index (κ2) is 10.8. The quantitative estimate of drug-likeness (QED) is 0.246. The molecule has 1 spiro atoms. The molecule has 0 fully saturated rings. The summed E-state index contributed by atoms with van der Waals surface area (Å²) in [5.74, 6) is 0.147. The molecule has 2 aromatic carbocycles. The van der Waals surface area contributed by atoms with Crippen LogP contribution in [0, 0.1) is 17.3 Å². The van der Waals surface area contributed by atoms with Crippen LogP contribution in [-0.4, -0.2) is 39.1 Å². The maximum Gasteiger partial charge on any atom is 0.249 e. The Kier molecular flexibility index (Phi) is 7.12. The van der Waals surface area contributed by atoms with Gasteiger partial charge in [-0.1, -0.05) is 71.9 Å². The first-order valence-corrected chi connectivity index (χ1v) is 16.0. The number of carbonyl (C=O) groups excluding carboxylic acids is 2. The largest absolute Gasteiger partial charge is 0.469 e. The summed E-state index contributed by atoms with van der Waals surface area (Å²) >= 11 is 0. The van der Waals surface area contributed by atoms with E-state index in [2.05, 4.69) is 16.7 Å². The van der Waals surface area contributed by atoms with E-state index in [9.17, 15) is 14.7 Å². The highest BCUT2D eigenvalue weighted by molar-refractivity contribution is 5.89. The highest BCUT2D eigenvalue weighted by Crippen LogP contribution is 2.59. The van der Waals surface area contributed by atoms with Crippen molar-refractivity contribution in [3.05, 3.63) is 82.8 Å². The molecule has 10 heteroatoms. The number of aliphatic hydroxyl groups excluding tert-OH is 1. The predicted molar refractivity (Wildman–Crippen MR) is 170 cm³/mol. The lowest BCUT2D eigenvalue weighted by Gasteiger charge is -2.32. The van der Waals surface area contributed by atoms with E-state index in [1.165, 1.54) is 0 Å². The standard InChI is InChI=1S/C36H40N4O6/c1-7-21-17-44-32(37-21)27-30-36-22-10-8-9-11-24(22)38-34(36)45-26-13-12-19(15-23(26)36)14-20(16-25(41)28(42)18(2)3)31(43)40-29(35(4,5)6)33(39-27)46-30/h8-13,15,17-18,20,28-29,34,38,42H,7,14,16H2,1-6H3,(H,40,43)/t20?,28-,29+,34?,36-/m0/s1. The molecule has 5 heterocycles. The number of amides is 1. The van der Waals surface area contributed by atoms with Crippen LogP contribution in [0.5, 0.6) is 5.75 Å². The van der Waals surface area contributed by atoms with Gasteiger partial charge in [0, 0.05) is 23.6 Å². The molecule has 0 saturated heterocycles. The van der Waals surface area contributed by atoms with E-state index in [-0.39, 0.29) is 24.0 Å². The van der Waals surface area contributed by atoms with Crippen LogP contribution >= 0.6 is 0 Å². The van der Waals surface area contributed by atoms with Crippen LogP contribution in [0.2, 0.25) is 0 Å². The minimum atomic E-state index is -1.16. The number of hydrogen-bond acceptors (Lipinski definition) is 9. The molecule has 5 atom stereocenters. The van der Waals surface area contributed by atoms with Gasteiger partial charge < -0.3 is 29.3 Å². The number of benzene rings is 2. The molecule has 7 rings (SSSR count). The van der Waals surface area contributed by atoms with Crippen molar-refractivity contribution in [3.8, 4) is 17.3 Å². The first kappa shape index (κ1) is 30.2. The molecule has 2 unspecified atom stereocenters. The van der Waals surface area contributed by atoms with Gasteiger partial charge in [-0.2, -0.15) is 0 Å². The SMILES string of the molecule is CCc1coc(-c2nc3oc2[C@@]24c5ccccc5NC2Oc2ccc(cc24)CC(CC(=O)[C@@H](O)C(C)C)C(=O)N[C@H]3C(C)(C)C)n1. The lowest BCUT2D eigenvalue weighted by molar-refractivity contribution is -0.135. The number of nitrogens with one attached hydrogen (secondary N) is 2. The molecule has 3 aliphatic rings. The van der Waals surface area contributed by atoms with Gasteiger partial charge in [0.1, 0.15) is 29.6 Å². The number of anilines is 1. The van der Waals surface area contributed by atoms with Gasteiger partial charge in [-0.05, 0) is 47.4 Å². The molecule has 0 radical (unpaired) electrons. The number of para-hydroxylation sites is 1. The van der Waals surface area contributed by atoms with Crippen LogP contribution in [0.15, 0.2) is 57.6 Å². The first-order chi connectivity index (χ1) is 21.9. The summed E-state index contributed by atoms with van der Waals surface area (Å²) in [5.41, 5.74) is 3.31. The van der Waals surface area contributed by atoms with E-state index in [0.29, 0.717) is 41.8 Å². The Hall–Kier alpha value is -4.44. The third-order valence-corrected chi connectivity index (χ3v) is 9.53. The molecule has 0 saturated carbocycles. The molecule has 1 amide bonds. The monoisotopic (exact) mass is 624 g/mol. The molecule has 4 bridgehead atoms. The molecule has 4 aromatic rings. The van der Waals surface area contributed by atoms with Crippen molar-refractivity contribution in [1.29, 1.82) is 0 Å². The number of carbonyl (C=O) groups is 2. The van der Waals surface area contributed by atoms with Crippen molar-refractivity contribution >= 4 is 17.4 Å². The topological polar surface area (TPSA) is 140 Å². The zero-order valence-electron chi connectivity index (χ0n) is 27.0. The van der Waals surface area contributed by atoms with Gasteiger partial charge in [0.2, 0.25) is 17.7 Å². The van der Waals surface area contributed by atoms with E-state index in [1.54, 1.807) is 20.1 Å². The minimum Gasteiger partial charge on any atom is -0.469 e. The Labute approximate surface area is 268 Å². The van der Waals surface area contributed by atoms with Crippen molar-refractivity contribution in [2.45, 2.75) is 84.6 Å². The van der Waals surface area contributed by atoms with E-state index in [1.807, 2.05) is 64.1 Å². The average molecular weight is 625 g/mol. The molecule has 2 aromatic heterocycles. The normalized spacial score (nSPS) is 23.8. The molecule has 10 nitrogen and oxygen atoms in total. The molecular formula is C36H40N4O6.